The smallest absolute Gasteiger partial charge is 0.238 e. The average molecular weight is 283 g/mol. The number of rotatable bonds is 3. The Labute approximate surface area is 114 Å². The van der Waals surface area contributed by atoms with Gasteiger partial charge in [-0.05, 0) is 37.0 Å². The van der Waals surface area contributed by atoms with Crippen molar-refractivity contribution in [3.8, 4) is 0 Å². The largest absolute Gasteiger partial charge is 0.397 e. The van der Waals surface area contributed by atoms with E-state index in [1.807, 2.05) is 0 Å². The molecule has 1 heterocycles. The lowest BCUT2D eigenvalue weighted by molar-refractivity contribution is 0.492. The van der Waals surface area contributed by atoms with Crippen molar-refractivity contribution in [3.05, 3.63) is 18.2 Å². The van der Waals surface area contributed by atoms with Crippen molar-refractivity contribution < 1.29 is 8.42 Å². The van der Waals surface area contributed by atoms with E-state index in [1.165, 1.54) is 12.1 Å². The van der Waals surface area contributed by atoms with Crippen molar-refractivity contribution in [2.45, 2.75) is 37.6 Å². The molecule has 0 aliphatic carbocycles. The van der Waals surface area contributed by atoms with Gasteiger partial charge in [0.1, 0.15) is 0 Å². The second-order valence-corrected chi connectivity index (χ2v) is 6.97. The Morgan fingerprint density at radius 3 is 2.58 bits per heavy atom. The van der Waals surface area contributed by atoms with Crippen LogP contribution in [0, 0.1) is 5.92 Å². The number of sulfonamides is 1. The van der Waals surface area contributed by atoms with E-state index in [4.69, 9.17) is 10.9 Å². The second-order valence-electron chi connectivity index (χ2n) is 5.41. The van der Waals surface area contributed by atoms with Gasteiger partial charge >= 0.3 is 0 Å². The normalized spacial score (nSPS) is 20.2. The van der Waals surface area contributed by atoms with Crippen molar-refractivity contribution in [2.75, 3.05) is 17.2 Å². The molecule has 1 saturated heterocycles. The molecule has 106 valence electrons. The molecule has 1 aliphatic heterocycles. The van der Waals surface area contributed by atoms with Crippen LogP contribution in [-0.4, -0.2) is 21.0 Å². The summed E-state index contributed by atoms with van der Waals surface area (Å²) in [7, 11) is -3.69. The lowest BCUT2D eigenvalue weighted by Crippen LogP contribution is -2.33. The minimum atomic E-state index is -3.69. The molecule has 0 saturated carbocycles. The zero-order valence-electron chi connectivity index (χ0n) is 11.3. The van der Waals surface area contributed by atoms with Crippen LogP contribution < -0.4 is 15.8 Å². The first-order valence-electron chi connectivity index (χ1n) is 6.49. The van der Waals surface area contributed by atoms with Crippen LogP contribution in [0.3, 0.4) is 0 Å². The van der Waals surface area contributed by atoms with Gasteiger partial charge in [0.05, 0.1) is 16.3 Å². The highest BCUT2D eigenvalue weighted by Crippen LogP contribution is 2.34. The summed E-state index contributed by atoms with van der Waals surface area (Å²) < 4.78 is 22.6. The summed E-state index contributed by atoms with van der Waals surface area (Å²) in [4.78, 5) is 2.33. The van der Waals surface area contributed by atoms with E-state index in [9.17, 15) is 8.42 Å². The fraction of sp³-hybridized carbons (Fsp3) is 0.538. The van der Waals surface area contributed by atoms with Gasteiger partial charge in [0.15, 0.2) is 0 Å². The summed E-state index contributed by atoms with van der Waals surface area (Å²) in [5.41, 5.74) is 7.38. The Morgan fingerprint density at radius 2 is 2.05 bits per heavy atom. The Kier molecular flexibility index (Phi) is 3.73. The number of anilines is 2. The van der Waals surface area contributed by atoms with Crippen molar-refractivity contribution in [3.63, 3.8) is 0 Å². The van der Waals surface area contributed by atoms with Crippen LogP contribution in [0.15, 0.2) is 23.1 Å². The van der Waals surface area contributed by atoms with Crippen molar-refractivity contribution in [1.29, 1.82) is 0 Å². The molecular weight excluding hydrogens is 262 g/mol. The Morgan fingerprint density at radius 1 is 1.37 bits per heavy atom. The molecule has 0 spiro atoms. The number of hydrogen-bond acceptors (Lipinski definition) is 4. The molecule has 1 aliphatic rings. The number of primary sulfonamides is 1. The molecule has 1 atom stereocenters. The summed E-state index contributed by atoms with van der Waals surface area (Å²) in [6.45, 7) is 5.34. The van der Waals surface area contributed by atoms with Gasteiger partial charge in [-0.1, -0.05) is 13.8 Å². The minimum absolute atomic E-state index is 0.0639. The van der Waals surface area contributed by atoms with Crippen molar-refractivity contribution >= 4 is 21.4 Å². The van der Waals surface area contributed by atoms with Crippen molar-refractivity contribution in [1.82, 2.24) is 0 Å². The van der Waals surface area contributed by atoms with E-state index < -0.39 is 10.0 Å². The number of nitrogens with two attached hydrogens (primary N) is 2. The molecule has 2 rings (SSSR count). The van der Waals surface area contributed by atoms with Crippen LogP contribution in [0.2, 0.25) is 0 Å². The quantitative estimate of drug-likeness (QED) is 0.823. The Hall–Kier alpha value is -1.27. The summed E-state index contributed by atoms with van der Waals surface area (Å²) in [5, 5.41) is 5.11. The lowest BCUT2D eigenvalue weighted by atomic mass is 10.0. The SMILES string of the molecule is CC(C)C1CCCN1c1ccc(S(N)(=O)=O)cc1N. The van der Waals surface area contributed by atoms with Gasteiger partial charge in [-0.25, -0.2) is 13.6 Å². The summed E-state index contributed by atoms with van der Waals surface area (Å²) in [6.07, 6.45) is 2.28. The zero-order valence-corrected chi connectivity index (χ0v) is 12.2. The molecule has 1 unspecified atom stereocenters. The van der Waals surface area contributed by atoms with E-state index in [0.717, 1.165) is 25.1 Å². The predicted molar refractivity (Wildman–Crippen MR) is 77.4 cm³/mol. The first kappa shape index (κ1) is 14.1. The maximum Gasteiger partial charge on any atom is 0.238 e. The van der Waals surface area contributed by atoms with E-state index in [2.05, 4.69) is 18.7 Å². The highest BCUT2D eigenvalue weighted by atomic mass is 32.2. The molecular formula is C13H21N3O2S. The van der Waals surface area contributed by atoms with Crippen LogP contribution >= 0.6 is 0 Å². The Balaban J connectivity index is 2.36. The van der Waals surface area contributed by atoms with E-state index in [-0.39, 0.29) is 4.90 Å². The predicted octanol–water partition coefficient (Wildman–Crippen LogP) is 1.54. The van der Waals surface area contributed by atoms with E-state index >= 15 is 0 Å². The van der Waals surface area contributed by atoms with Gasteiger partial charge in [0, 0.05) is 12.6 Å². The first-order chi connectivity index (χ1) is 8.80. The molecule has 1 aromatic carbocycles. The third-order valence-electron chi connectivity index (χ3n) is 3.71. The number of benzene rings is 1. The Bertz CT molecular complexity index is 569. The van der Waals surface area contributed by atoms with Crippen LogP contribution in [-0.2, 0) is 10.0 Å². The van der Waals surface area contributed by atoms with Gasteiger partial charge in [-0.15, -0.1) is 0 Å². The second kappa shape index (κ2) is 5.02. The minimum Gasteiger partial charge on any atom is -0.397 e. The highest BCUT2D eigenvalue weighted by molar-refractivity contribution is 7.89. The lowest BCUT2D eigenvalue weighted by Gasteiger charge is -2.30. The fourth-order valence-corrected chi connectivity index (χ4v) is 3.30. The van der Waals surface area contributed by atoms with Gasteiger partial charge < -0.3 is 10.6 Å². The number of nitrogens with zero attached hydrogens (tertiary/aromatic N) is 1. The van der Waals surface area contributed by atoms with Gasteiger partial charge in [0.2, 0.25) is 10.0 Å². The maximum absolute atomic E-state index is 11.3. The first-order valence-corrected chi connectivity index (χ1v) is 8.04. The standard InChI is InChI=1S/C13H21N3O2S/c1-9(2)12-4-3-7-16(12)13-6-5-10(8-11(13)14)19(15,17)18/h5-6,8-9,12H,3-4,7,14H2,1-2H3,(H2,15,17,18). The van der Waals surface area contributed by atoms with E-state index in [0.29, 0.717) is 17.6 Å². The molecule has 19 heavy (non-hydrogen) atoms. The topological polar surface area (TPSA) is 89.4 Å². The van der Waals surface area contributed by atoms with Crippen LogP contribution in [0.1, 0.15) is 26.7 Å². The van der Waals surface area contributed by atoms with Gasteiger partial charge in [0.25, 0.3) is 0 Å². The molecule has 5 nitrogen and oxygen atoms in total. The zero-order chi connectivity index (χ0) is 14.2. The molecule has 0 aromatic heterocycles. The van der Waals surface area contributed by atoms with Crippen LogP contribution in [0.5, 0.6) is 0 Å². The molecule has 0 bridgehead atoms. The highest BCUT2D eigenvalue weighted by Gasteiger charge is 2.28. The summed E-state index contributed by atoms with van der Waals surface area (Å²) >= 11 is 0. The molecule has 1 aromatic rings. The summed E-state index contributed by atoms with van der Waals surface area (Å²) in [6, 6.07) is 5.19. The molecule has 1 fully saturated rings. The number of nitrogen functional groups attached to an aromatic ring is 1. The summed E-state index contributed by atoms with van der Waals surface area (Å²) in [5.74, 6) is 0.541. The van der Waals surface area contributed by atoms with E-state index in [1.54, 1.807) is 6.07 Å². The number of hydrogen-bond donors (Lipinski definition) is 2. The molecule has 0 radical (unpaired) electrons. The molecule has 0 amide bonds. The monoisotopic (exact) mass is 283 g/mol. The van der Waals surface area contributed by atoms with Crippen molar-refractivity contribution in [2.24, 2.45) is 11.1 Å². The maximum atomic E-state index is 11.3. The average Bonchev–Trinajstić information content (AvgIpc) is 2.76. The third kappa shape index (κ3) is 2.84. The van der Waals surface area contributed by atoms with Gasteiger partial charge in [-0.2, -0.15) is 0 Å². The van der Waals surface area contributed by atoms with Crippen LogP contribution in [0.25, 0.3) is 0 Å². The van der Waals surface area contributed by atoms with Crippen LogP contribution in [0.4, 0.5) is 11.4 Å². The third-order valence-corrected chi connectivity index (χ3v) is 4.62. The molecule has 4 N–H and O–H groups in total. The molecule has 6 heteroatoms. The van der Waals surface area contributed by atoms with Gasteiger partial charge in [-0.3, -0.25) is 0 Å². The fourth-order valence-electron chi connectivity index (χ4n) is 2.76.